The Morgan fingerprint density at radius 2 is 1.45 bits per heavy atom. The van der Waals surface area contributed by atoms with Crippen LogP contribution in [0.3, 0.4) is 0 Å². The molecule has 7 aromatic rings. The lowest BCUT2D eigenvalue weighted by molar-refractivity contribution is 0.666. The predicted molar refractivity (Wildman–Crippen MR) is 157 cm³/mol. The number of benzene rings is 5. The molecule has 1 aliphatic carbocycles. The minimum atomic E-state index is -0.0609. The summed E-state index contributed by atoms with van der Waals surface area (Å²) >= 11 is 0. The Morgan fingerprint density at radius 3 is 2.34 bits per heavy atom. The highest BCUT2D eigenvalue weighted by atomic mass is 15.0. The summed E-state index contributed by atoms with van der Waals surface area (Å²) in [6.45, 7) is 4.70. The molecule has 0 bridgehead atoms. The second-order valence-corrected chi connectivity index (χ2v) is 10.7. The van der Waals surface area contributed by atoms with Crippen LogP contribution in [0.15, 0.2) is 115 Å². The number of hydrogen-bond acceptors (Lipinski definition) is 2. The standard InChI is InChI=1S/C35H25N3/c1-35(2)29-14-8-6-12-27(29)33-31(35)28-13-7-9-15-30(28)38(33)25-18-19-26-23(20-25)16-17-24-21-36-34(37-32(24)26)22-10-4-3-5-11-22/h3-21H,1-2H3. The van der Waals surface area contributed by atoms with Crippen LogP contribution in [0.4, 0.5) is 0 Å². The molecule has 8 rings (SSSR count). The lowest BCUT2D eigenvalue weighted by Crippen LogP contribution is -2.14. The Kier molecular flexibility index (Phi) is 4.28. The Labute approximate surface area is 221 Å². The number of fused-ring (bicyclic) bond motifs is 8. The third-order valence-corrected chi connectivity index (χ3v) is 8.20. The number of para-hydroxylation sites is 1. The van der Waals surface area contributed by atoms with Gasteiger partial charge in [0.2, 0.25) is 0 Å². The lowest BCUT2D eigenvalue weighted by Gasteiger charge is -2.21. The first-order valence-electron chi connectivity index (χ1n) is 13.1. The Bertz CT molecular complexity index is 2050. The SMILES string of the molecule is CC1(C)c2ccccc2-c2c1c1ccccc1n2-c1ccc2c(ccc3cnc(-c4ccccc4)nc32)c1. The maximum atomic E-state index is 5.00. The largest absolute Gasteiger partial charge is 0.309 e. The summed E-state index contributed by atoms with van der Waals surface area (Å²) in [5.74, 6) is 0.753. The zero-order chi connectivity index (χ0) is 25.4. The van der Waals surface area contributed by atoms with Gasteiger partial charge in [-0.3, -0.25) is 0 Å². The van der Waals surface area contributed by atoms with E-state index in [1.807, 2.05) is 24.4 Å². The molecular formula is C35H25N3. The predicted octanol–water partition coefficient (Wildman–Crippen LogP) is 8.70. The van der Waals surface area contributed by atoms with Crippen molar-refractivity contribution >= 4 is 32.6 Å². The van der Waals surface area contributed by atoms with Crippen LogP contribution in [-0.4, -0.2) is 14.5 Å². The highest BCUT2D eigenvalue weighted by Gasteiger charge is 2.40. The van der Waals surface area contributed by atoms with Gasteiger partial charge in [-0.25, -0.2) is 9.97 Å². The zero-order valence-electron chi connectivity index (χ0n) is 21.3. The van der Waals surface area contributed by atoms with Gasteiger partial charge in [0, 0.05) is 44.6 Å². The summed E-state index contributed by atoms with van der Waals surface area (Å²) < 4.78 is 2.46. The molecule has 180 valence electrons. The van der Waals surface area contributed by atoms with Crippen molar-refractivity contribution in [2.24, 2.45) is 0 Å². The van der Waals surface area contributed by atoms with E-state index in [-0.39, 0.29) is 5.41 Å². The molecule has 5 aromatic carbocycles. The van der Waals surface area contributed by atoms with Gasteiger partial charge in [0.25, 0.3) is 0 Å². The average Bonchev–Trinajstić information content (AvgIpc) is 3.44. The normalized spacial score (nSPS) is 13.7. The topological polar surface area (TPSA) is 30.7 Å². The van der Waals surface area contributed by atoms with Crippen LogP contribution in [0.25, 0.3) is 60.9 Å². The van der Waals surface area contributed by atoms with Gasteiger partial charge < -0.3 is 4.57 Å². The Hall–Kier alpha value is -4.76. The van der Waals surface area contributed by atoms with Crippen LogP contribution in [-0.2, 0) is 5.41 Å². The number of aromatic nitrogens is 3. The van der Waals surface area contributed by atoms with E-state index in [4.69, 9.17) is 4.98 Å². The Morgan fingerprint density at radius 1 is 0.684 bits per heavy atom. The van der Waals surface area contributed by atoms with Crippen LogP contribution in [0.5, 0.6) is 0 Å². The van der Waals surface area contributed by atoms with Crippen LogP contribution >= 0.6 is 0 Å². The zero-order valence-corrected chi connectivity index (χ0v) is 21.3. The molecule has 0 radical (unpaired) electrons. The van der Waals surface area contributed by atoms with Gasteiger partial charge >= 0.3 is 0 Å². The smallest absolute Gasteiger partial charge is 0.159 e. The van der Waals surface area contributed by atoms with Crippen LogP contribution in [0.1, 0.15) is 25.0 Å². The molecule has 0 saturated heterocycles. The molecule has 0 spiro atoms. The van der Waals surface area contributed by atoms with Crippen molar-refractivity contribution in [3.8, 4) is 28.3 Å². The summed E-state index contributed by atoms with van der Waals surface area (Å²) in [5, 5.41) is 4.68. The first-order valence-corrected chi connectivity index (χ1v) is 13.1. The molecule has 3 nitrogen and oxygen atoms in total. The number of nitrogens with zero attached hydrogens (tertiary/aromatic N) is 3. The van der Waals surface area contributed by atoms with E-state index in [1.54, 1.807) is 0 Å². The monoisotopic (exact) mass is 487 g/mol. The third-order valence-electron chi connectivity index (χ3n) is 8.20. The fraction of sp³-hybridized carbons (Fsp3) is 0.0857. The van der Waals surface area contributed by atoms with E-state index in [1.165, 1.54) is 44.4 Å². The molecule has 0 saturated carbocycles. The average molecular weight is 488 g/mol. The van der Waals surface area contributed by atoms with Gasteiger partial charge in [0.1, 0.15) is 0 Å². The maximum Gasteiger partial charge on any atom is 0.159 e. The van der Waals surface area contributed by atoms with Crippen molar-refractivity contribution in [1.82, 2.24) is 14.5 Å². The second kappa shape index (κ2) is 7.62. The minimum absolute atomic E-state index is 0.0609. The summed E-state index contributed by atoms with van der Waals surface area (Å²) in [4.78, 5) is 9.64. The number of rotatable bonds is 2. The molecule has 0 aliphatic heterocycles. The van der Waals surface area contributed by atoms with Crippen LogP contribution in [0.2, 0.25) is 0 Å². The van der Waals surface area contributed by atoms with Gasteiger partial charge in [-0.15, -0.1) is 0 Å². The van der Waals surface area contributed by atoms with Gasteiger partial charge in [0.15, 0.2) is 5.82 Å². The molecule has 2 aromatic heterocycles. The molecule has 1 aliphatic rings. The van der Waals surface area contributed by atoms with Gasteiger partial charge in [0.05, 0.1) is 16.7 Å². The minimum Gasteiger partial charge on any atom is -0.309 e. The van der Waals surface area contributed by atoms with E-state index >= 15 is 0 Å². The van der Waals surface area contributed by atoms with Crippen molar-refractivity contribution < 1.29 is 0 Å². The van der Waals surface area contributed by atoms with E-state index in [9.17, 15) is 0 Å². The van der Waals surface area contributed by atoms with Crippen molar-refractivity contribution in [1.29, 1.82) is 0 Å². The third kappa shape index (κ3) is 2.84. The molecule has 0 atom stereocenters. The molecular weight excluding hydrogens is 462 g/mol. The molecule has 0 amide bonds. The fourth-order valence-corrected chi connectivity index (χ4v) is 6.44. The van der Waals surface area contributed by atoms with E-state index in [2.05, 4.69) is 114 Å². The first-order chi connectivity index (χ1) is 18.6. The summed E-state index contributed by atoms with van der Waals surface area (Å²) in [6, 6.07) is 39.0. The molecule has 0 fully saturated rings. The van der Waals surface area contributed by atoms with Crippen molar-refractivity contribution in [3.05, 3.63) is 127 Å². The summed E-state index contributed by atoms with van der Waals surface area (Å²) in [6.07, 6.45) is 1.93. The van der Waals surface area contributed by atoms with Crippen molar-refractivity contribution in [3.63, 3.8) is 0 Å². The van der Waals surface area contributed by atoms with Crippen LogP contribution < -0.4 is 0 Å². The molecule has 3 heteroatoms. The van der Waals surface area contributed by atoms with Crippen molar-refractivity contribution in [2.45, 2.75) is 19.3 Å². The van der Waals surface area contributed by atoms with E-state index in [0.717, 1.165) is 27.7 Å². The summed E-state index contributed by atoms with van der Waals surface area (Å²) in [7, 11) is 0. The highest BCUT2D eigenvalue weighted by Crippen LogP contribution is 2.53. The Balaban J connectivity index is 1.39. The van der Waals surface area contributed by atoms with Crippen LogP contribution in [0, 0.1) is 0 Å². The van der Waals surface area contributed by atoms with Crippen molar-refractivity contribution in [2.75, 3.05) is 0 Å². The fourth-order valence-electron chi connectivity index (χ4n) is 6.44. The molecule has 0 N–H and O–H groups in total. The second-order valence-electron chi connectivity index (χ2n) is 10.7. The molecule has 2 heterocycles. The summed E-state index contributed by atoms with van der Waals surface area (Å²) in [5.41, 5.74) is 9.79. The lowest BCUT2D eigenvalue weighted by atomic mass is 9.81. The molecule has 38 heavy (non-hydrogen) atoms. The highest BCUT2D eigenvalue weighted by molar-refractivity contribution is 6.06. The molecule has 0 unspecified atom stereocenters. The van der Waals surface area contributed by atoms with Gasteiger partial charge in [-0.05, 0) is 34.7 Å². The maximum absolute atomic E-state index is 5.00. The van der Waals surface area contributed by atoms with Gasteiger partial charge in [-0.1, -0.05) is 105 Å². The van der Waals surface area contributed by atoms with E-state index in [0.29, 0.717) is 0 Å². The van der Waals surface area contributed by atoms with Gasteiger partial charge in [-0.2, -0.15) is 0 Å². The number of hydrogen-bond donors (Lipinski definition) is 0. The van der Waals surface area contributed by atoms with E-state index < -0.39 is 0 Å². The first kappa shape index (κ1) is 21.3. The quantitative estimate of drug-likeness (QED) is 0.228.